The Morgan fingerprint density at radius 1 is 1.44 bits per heavy atom. The second-order valence-electron chi connectivity index (χ2n) is 3.75. The van der Waals surface area contributed by atoms with Gasteiger partial charge in [0, 0.05) is 6.42 Å². The van der Waals surface area contributed by atoms with E-state index in [9.17, 15) is 0 Å². The number of nitrogens with one attached hydrogen (secondary N) is 1. The first-order valence-corrected chi connectivity index (χ1v) is 6.58. The Labute approximate surface area is 102 Å². The van der Waals surface area contributed by atoms with Crippen molar-refractivity contribution in [1.82, 2.24) is 14.9 Å². The van der Waals surface area contributed by atoms with E-state index in [0.717, 1.165) is 31.5 Å². The van der Waals surface area contributed by atoms with Gasteiger partial charge in [0.2, 0.25) is 0 Å². The molecule has 0 saturated carbocycles. The van der Waals surface area contributed by atoms with Gasteiger partial charge in [-0.3, -0.25) is 0 Å². The standard InChI is InChI=1S/C12H19N3S/c1-4-7-10(13-9-6-3)12-11(8-5-2)14-15-16-12/h1,10,13H,5-9H2,2-3H3. The summed E-state index contributed by atoms with van der Waals surface area (Å²) < 4.78 is 4.04. The maximum atomic E-state index is 5.41. The first-order valence-electron chi connectivity index (χ1n) is 5.81. The van der Waals surface area contributed by atoms with E-state index in [0.29, 0.717) is 6.42 Å². The minimum atomic E-state index is 0.228. The Morgan fingerprint density at radius 3 is 2.88 bits per heavy atom. The van der Waals surface area contributed by atoms with E-state index in [2.05, 4.69) is 34.7 Å². The van der Waals surface area contributed by atoms with Crippen LogP contribution in [0.3, 0.4) is 0 Å². The van der Waals surface area contributed by atoms with Crippen LogP contribution in [0.15, 0.2) is 0 Å². The molecule has 0 amide bonds. The summed E-state index contributed by atoms with van der Waals surface area (Å²) in [5.41, 5.74) is 1.11. The lowest BCUT2D eigenvalue weighted by molar-refractivity contribution is 0.544. The minimum Gasteiger partial charge on any atom is -0.308 e. The Bertz CT molecular complexity index is 340. The summed E-state index contributed by atoms with van der Waals surface area (Å²) in [4.78, 5) is 1.22. The van der Waals surface area contributed by atoms with Gasteiger partial charge < -0.3 is 5.32 Å². The lowest BCUT2D eigenvalue weighted by Crippen LogP contribution is -2.22. The van der Waals surface area contributed by atoms with E-state index in [1.165, 1.54) is 16.4 Å². The van der Waals surface area contributed by atoms with Crippen LogP contribution in [-0.4, -0.2) is 16.1 Å². The van der Waals surface area contributed by atoms with Gasteiger partial charge in [0.05, 0.1) is 16.6 Å². The van der Waals surface area contributed by atoms with E-state index in [1.54, 1.807) is 0 Å². The van der Waals surface area contributed by atoms with Gasteiger partial charge in [-0.15, -0.1) is 17.4 Å². The van der Waals surface area contributed by atoms with Crippen LogP contribution < -0.4 is 5.32 Å². The smallest absolute Gasteiger partial charge is 0.0803 e. The summed E-state index contributed by atoms with van der Waals surface area (Å²) in [5.74, 6) is 2.72. The number of aryl methyl sites for hydroxylation is 1. The number of hydrogen-bond acceptors (Lipinski definition) is 4. The molecular weight excluding hydrogens is 218 g/mol. The van der Waals surface area contributed by atoms with Crippen LogP contribution in [0, 0.1) is 12.3 Å². The summed E-state index contributed by atoms with van der Waals surface area (Å²) >= 11 is 1.47. The Hall–Kier alpha value is -0.920. The van der Waals surface area contributed by atoms with Crippen molar-refractivity contribution in [2.45, 2.75) is 45.6 Å². The zero-order valence-corrected chi connectivity index (χ0v) is 10.8. The van der Waals surface area contributed by atoms with Crippen LogP contribution in [0.1, 0.15) is 49.7 Å². The second-order valence-corrected chi connectivity index (χ2v) is 4.53. The van der Waals surface area contributed by atoms with Crippen molar-refractivity contribution in [1.29, 1.82) is 0 Å². The average Bonchev–Trinajstić information content (AvgIpc) is 2.73. The van der Waals surface area contributed by atoms with Crippen molar-refractivity contribution < 1.29 is 0 Å². The zero-order valence-electron chi connectivity index (χ0n) is 9.99. The largest absolute Gasteiger partial charge is 0.308 e. The van der Waals surface area contributed by atoms with Gasteiger partial charge >= 0.3 is 0 Å². The zero-order chi connectivity index (χ0) is 11.8. The highest BCUT2D eigenvalue weighted by molar-refractivity contribution is 7.05. The number of aromatic nitrogens is 2. The van der Waals surface area contributed by atoms with E-state index >= 15 is 0 Å². The van der Waals surface area contributed by atoms with Crippen LogP contribution >= 0.6 is 11.5 Å². The first-order chi connectivity index (χ1) is 7.83. The van der Waals surface area contributed by atoms with Crippen LogP contribution in [0.5, 0.6) is 0 Å². The molecule has 0 spiro atoms. The molecule has 4 heteroatoms. The first kappa shape index (κ1) is 13.1. The fraction of sp³-hybridized carbons (Fsp3) is 0.667. The van der Waals surface area contributed by atoms with Crippen LogP contribution in [0.4, 0.5) is 0 Å². The molecule has 1 rings (SSSR count). The van der Waals surface area contributed by atoms with Crippen LogP contribution in [-0.2, 0) is 6.42 Å². The third kappa shape index (κ3) is 3.58. The van der Waals surface area contributed by atoms with Gasteiger partial charge in [-0.05, 0) is 30.9 Å². The predicted molar refractivity (Wildman–Crippen MR) is 68.4 cm³/mol. The van der Waals surface area contributed by atoms with Crippen molar-refractivity contribution in [3.05, 3.63) is 10.6 Å². The quantitative estimate of drug-likeness (QED) is 0.741. The molecule has 1 heterocycles. The van der Waals surface area contributed by atoms with Crippen LogP contribution in [0.25, 0.3) is 0 Å². The van der Waals surface area contributed by atoms with Crippen molar-refractivity contribution in [3.8, 4) is 12.3 Å². The molecule has 1 aromatic heterocycles. The van der Waals surface area contributed by atoms with Crippen molar-refractivity contribution >= 4 is 11.5 Å². The molecule has 0 aliphatic heterocycles. The minimum absolute atomic E-state index is 0.228. The Kier molecular flexibility index (Phi) is 6.05. The van der Waals surface area contributed by atoms with Crippen LogP contribution in [0.2, 0.25) is 0 Å². The van der Waals surface area contributed by atoms with Crippen molar-refractivity contribution in [3.63, 3.8) is 0 Å². The van der Waals surface area contributed by atoms with E-state index in [-0.39, 0.29) is 6.04 Å². The highest BCUT2D eigenvalue weighted by atomic mass is 32.1. The fourth-order valence-electron chi connectivity index (χ4n) is 1.58. The Balaban J connectivity index is 2.74. The van der Waals surface area contributed by atoms with E-state index in [1.807, 2.05) is 0 Å². The van der Waals surface area contributed by atoms with Crippen molar-refractivity contribution in [2.75, 3.05) is 6.54 Å². The van der Waals surface area contributed by atoms with Gasteiger partial charge in [0.15, 0.2) is 0 Å². The number of nitrogens with zero attached hydrogens (tertiary/aromatic N) is 2. The van der Waals surface area contributed by atoms with Gasteiger partial charge in [0.1, 0.15) is 0 Å². The molecule has 0 radical (unpaired) electrons. The summed E-state index contributed by atoms with van der Waals surface area (Å²) in [6, 6.07) is 0.228. The fourth-order valence-corrected chi connectivity index (χ4v) is 2.35. The molecule has 1 atom stereocenters. The highest BCUT2D eigenvalue weighted by Gasteiger charge is 2.17. The molecule has 16 heavy (non-hydrogen) atoms. The molecule has 3 nitrogen and oxygen atoms in total. The van der Waals surface area contributed by atoms with Crippen molar-refractivity contribution in [2.24, 2.45) is 0 Å². The molecule has 1 N–H and O–H groups in total. The lowest BCUT2D eigenvalue weighted by atomic mass is 10.1. The Morgan fingerprint density at radius 2 is 2.25 bits per heavy atom. The SMILES string of the molecule is C#CCC(NCCC)c1snnc1CCC. The van der Waals surface area contributed by atoms with Gasteiger partial charge in [-0.2, -0.15) is 0 Å². The molecule has 0 aromatic carbocycles. The predicted octanol–water partition coefficient (Wildman–Crippen LogP) is 2.55. The third-order valence-corrected chi connectivity index (χ3v) is 3.23. The molecule has 0 fully saturated rings. The highest BCUT2D eigenvalue weighted by Crippen LogP contribution is 2.23. The molecule has 0 aliphatic rings. The van der Waals surface area contributed by atoms with Gasteiger partial charge in [-0.25, -0.2) is 0 Å². The monoisotopic (exact) mass is 237 g/mol. The summed E-state index contributed by atoms with van der Waals surface area (Å²) in [5, 5.41) is 7.64. The third-order valence-electron chi connectivity index (χ3n) is 2.35. The normalized spacial score (nSPS) is 12.3. The number of rotatable bonds is 7. The molecule has 1 unspecified atom stereocenters. The summed E-state index contributed by atoms with van der Waals surface area (Å²) in [6.07, 6.45) is 9.30. The van der Waals surface area contributed by atoms with Gasteiger partial charge in [-0.1, -0.05) is 24.8 Å². The van der Waals surface area contributed by atoms with E-state index in [4.69, 9.17) is 6.42 Å². The molecule has 88 valence electrons. The number of hydrogen-bond donors (Lipinski definition) is 1. The lowest BCUT2D eigenvalue weighted by Gasteiger charge is -2.14. The molecule has 0 saturated heterocycles. The molecular formula is C12H19N3S. The average molecular weight is 237 g/mol. The second kappa shape index (κ2) is 7.37. The summed E-state index contributed by atoms with van der Waals surface area (Å²) in [6.45, 7) is 5.28. The maximum absolute atomic E-state index is 5.41. The topological polar surface area (TPSA) is 37.8 Å². The van der Waals surface area contributed by atoms with Gasteiger partial charge in [0.25, 0.3) is 0 Å². The molecule has 0 bridgehead atoms. The number of terminal acetylenes is 1. The molecule has 0 aliphatic carbocycles. The molecule has 1 aromatic rings. The maximum Gasteiger partial charge on any atom is 0.0803 e. The van der Waals surface area contributed by atoms with E-state index < -0.39 is 0 Å². The summed E-state index contributed by atoms with van der Waals surface area (Å²) in [7, 11) is 0.